The first-order valence-corrected chi connectivity index (χ1v) is 10.8. The van der Waals surface area contributed by atoms with E-state index in [0.29, 0.717) is 18.0 Å². The zero-order valence-electron chi connectivity index (χ0n) is 20.0. The molecule has 8 nitrogen and oxygen atoms in total. The Bertz CT molecular complexity index is 1290. The second-order valence-electron chi connectivity index (χ2n) is 8.36. The number of hydrogen-bond donors (Lipinski definition) is 0. The van der Waals surface area contributed by atoms with E-state index < -0.39 is 0 Å². The van der Waals surface area contributed by atoms with Crippen LogP contribution in [0.1, 0.15) is 11.4 Å². The van der Waals surface area contributed by atoms with Crippen molar-refractivity contribution in [2.45, 2.75) is 13.8 Å². The SMILES string of the molecule is Cc1c(N(C)CN(C)c2c(C)n(C)n(-c3ccccc3)c2=O)c(=O)n(-c2ccccc2)n1C. The minimum atomic E-state index is -0.0939. The summed E-state index contributed by atoms with van der Waals surface area (Å²) in [5.74, 6) is 0. The number of nitrogens with zero attached hydrogens (tertiary/aromatic N) is 6. The van der Waals surface area contributed by atoms with Crippen molar-refractivity contribution in [3.63, 3.8) is 0 Å². The number of benzene rings is 2. The van der Waals surface area contributed by atoms with Crippen LogP contribution in [0.2, 0.25) is 0 Å². The van der Waals surface area contributed by atoms with E-state index in [9.17, 15) is 9.59 Å². The lowest BCUT2D eigenvalue weighted by Crippen LogP contribution is -2.38. The molecule has 0 spiro atoms. The summed E-state index contributed by atoms with van der Waals surface area (Å²) < 4.78 is 7.05. The molecule has 0 saturated heterocycles. The van der Waals surface area contributed by atoms with Crippen LogP contribution in [0.4, 0.5) is 11.4 Å². The van der Waals surface area contributed by atoms with Crippen molar-refractivity contribution in [2.24, 2.45) is 14.1 Å². The molecule has 2 aromatic carbocycles. The average Bonchev–Trinajstić information content (AvgIpc) is 3.16. The first-order chi connectivity index (χ1) is 15.7. The van der Waals surface area contributed by atoms with Crippen molar-refractivity contribution < 1.29 is 0 Å². The number of anilines is 2. The van der Waals surface area contributed by atoms with Gasteiger partial charge in [-0.25, -0.2) is 9.36 Å². The van der Waals surface area contributed by atoms with Crippen molar-refractivity contribution in [3.8, 4) is 11.4 Å². The van der Waals surface area contributed by atoms with Gasteiger partial charge in [0.15, 0.2) is 0 Å². The third-order valence-corrected chi connectivity index (χ3v) is 6.24. The molecule has 4 rings (SSSR count). The van der Waals surface area contributed by atoms with E-state index in [1.165, 1.54) is 0 Å². The summed E-state index contributed by atoms with van der Waals surface area (Å²) in [7, 11) is 7.52. The number of hydrogen-bond acceptors (Lipinski definition) is 4. The molecule has 0 aliphatic rings. The smallest absolute Gasteiger partial charge is 0.295 e. The standard InChI is InChI=1S/C25H30N6O2/c1-18-22(24(32)30(28(18)5)20-13-9-7-10-14-20)26(3)17-27(4)23-19(2)29(6)31(25(23)33)21-15-11-8-12-16-21/h7-16H,17H2,1-6H3. The van der Waals surface area contributed by atoms with Crippen molar-refractivity contribution in [1.29, 1.82) is 0 Å². The molecule has 2 aromatic heterocycles. The van der Waals surface area contributed by atoms with Gasteiger partial charge >= 0.3 is 0 Å². The summed E-state index contributed by atoms with van der Waals surface area (Å²) in [5.41, 5.74) is 4.34. The predicted molar refractivity (Wildman–Crippen MR) is 133 cm³/mol. The minimum Gasteiger partial charge on any atom is -0.351 e. The van der Waals surface area contributed by atoms with Crippen LogP contribution in [0, 0.1) is 13.8 Å². The molecule has 0 bridgehead atoms. The second kappa shape index (κ2) is 8.54. The lowest BCUT2D eigenvalue weighted by Gasteiger charge is -2.26. The molecule has 0 aliphatic carbocycles. The van der Waals surface area contributed by atoms with Gasteiger partial charge in [-0.3, -0.25) is 19.0 Å². The highest BCUT2D eigenvalue weighted by atomic mass is 16.1. The van der Waals surface area contributed by atoms with Gasteiger partial charge in [0.2, 0.25) is 0 Å². The van der Waals surface area contributed by atoms with E-state index in [1.54, 1.807) is 9.36 Å². The molecule has 172 valence electrons. The predicted octanol–water partition coefficient (Wildman–Crippen LogP) is 2.81. The van der Waals surface area contributed by atoms with Crippen LogP contribution in [0.3, 0.4) is 0 Å². The molecule has 0 saturated carbocycles. The molecule has 0 radical (unpaired) electrons. The first-order valence-electron chi connectivity index (χ1n) is 10.8. The molecule has 0 N–H and O–H groups in total. The van der Waals surface area contributed by atoms with Crippen LogP contribution in [0.15, 0.2) is 70.3 Å². The van der Waals surface area contributed by atoms with Gasteiger partial charge in [-0.2, -0.15) is 0 Å². The summed E-state index contributed by atoms with van der Waals surface area (Å²) in [6.45, 7) is 4.25. The third-order valence-electron chi connectivity index (χ3n) is 6.24. The van der Waals surface area contributed by atoms with Gasteiger partial charge in [0, 0.05) is 28.2 Å². The van der Waals surface area contributed by atoms with Crippen LogP contribution < -0.4 is 20.9 Å². The Labute approximate surface area is 193 Å². The number of rotatable bonds is 6. The monoisotopic (exact) mass is 446 g/mol. The molecule has 8 heteroatoms. The van der Waals surface area contributed by atoms with Gasteiger partial charge in [-0.05, 0) is 38.1 Å². The van der Waals surface area contributed by atoms with Crippen molar-refractivity contribution >= 4 is 11.4 Å². The summed E-state index contributed by atoms with van der Waals surface area (Å²) in [4.78, 5) is 30.5. The summed E-state index contributed by atoms with van der Waals surface area (Å²) in [6, 6.07) is 19.2. The Morgan fingerprint density at radius 2 is 0.970 bits per heavy atom. The number of para-hydroxylation sites is 2. The maximum Gasteiger partial charge on any atom is 0.295 e. The van der Waals surface area contributed by atoms with E-state index in [4.69, 9.17) is 0 Å². The van der Waals surface area contributed by atoms with E-state index in [1.807, 2.05) is 122 Å². The van der Waals surface area contributed by atoms with Gasteiger partial charge in [0.05, 0.1) is 29.4 Å². The molecule has 4 aromatic rings. The van der Waals surface area contributed by atoms with Crippen molar-refractivity contribution in [3.05, 3.63) is 92.8 Å². The van der Waals surface area contributed by atoms with Gasteiger partial charge in [0.1, 0.15) is 11.4 Å². The maximum atomic E-state index is 13.4. The molecule has 2 heterocycles. The topological polar surface area (TPSA) is 60.3 Å². The van der Waals surface area contributed by atoms with Gasteiger partial charge in [-0.1, -0.05) is 36.4 Å². The minimum absolute atomic E-state index is 0.0939. The van der Waals surface area contributed by atoms with Crippen LogP contribution in [0.5, 0.6) is 0 Å². The average molecular weight is 447 g/mol. The van der Waals surface area contributed by atoms with Gasteiger partial charge in [-0.15, -0.1) is 0 Å². The Kier molecular flexibility index (Phi) is 5.76. The Hall–Kier alpha value is -3.94. The van der Waals surface area contributed by atoms with Crippen molar-refractivity contribution in [2.75, 3.05) is 30.6 Å². The number of aromatic nitrogens is 4. The lowest BCUT2D eigenvalue weighted by molar-refractivity contribution is 0.630. The highest BCUT2D eigenvalue weighted by molar-refractivity contribution is 5.55. The Balaban J connectivity index is 1.70. The molecule has 0 atom stereocenters. The van der Waals surface area contributed by atoms with E-state index in [2.05, 4.69) is 0 Å². The van der Waals surface area contributed by atoms with Gasteiger partial charge in [0.25, 0.3) is 11.1 Å². The molecule has 33 heavy (non-hydrogen) atoms. The summed E-state index contributed by atoms with van der Waals surface area (Å²) >= 11 is 0. The van der Waals surface area contributed by atoms with E-state index in [-0.39, 0.29) is 11.1 Å². The fourth-order valence-electron chi connectivity index (χ4n) is 4.45. The molecule has 0 unspecified atom stereocenters. The second-order valence-corrected chi connectivity index (χ2v) is 8.36. The van der Waals surface area contributed by atoms with Crippen LogP contribution >= 0.6 is 0 Å². The fraction of sp³-hybridized carbons (Fsp3) is 0.280. The molecule has 0 fully saturated rings. The quantitative estimate of drug-likeness (QED) is 0.428. The summed E-state index contributed by atoms with van der Waals surface area (Å²) in [6.07, 6.45) is 0. The van der Waals surface area contributed by atoms with Crippen molar-refractivity contribution in [1.82, 2.24) is 18.7 Å². The molecular formula is C25H30N6O2. The largest absolute Gasteiger partial charge is 0.351 e. The van der Waals surface area contributed by atoms with Crippen LogP contribution in [-0.4, -0.2) is 39.5 Å². The Morgan fingerprint density at radius 3 is 1.30 bits per heavy atom. The highest BCUT2D eigenvalue weighted by Crippen LogP contribution is 2.21. The van der Waals surface area contributed by atoms with Gasteiger partial charge < -0.3 is 9.80 Å². The summed E-state index contributed by atoms with van der Waals surface area (Å²) in [5, 5.41) is 0. The highest BCUT2D eigenvalue weighted by Gasteiger charge is 2.23. The molecule has 0 amide bonds. The normalized spacial score (nSPS) is 11.1. The fourth-order valence-corrected chi connectivity index (χ4v) is 4.45. The third kappa shape index (κ3) is 3.67. The zero-order valence-corrected chi connectivity index (χ0v) is 20.0. The Morgan fingerprint density at radius 1 is 0.636 bits per heavy atom. The first kappa shape index (κ1) is 22.3. The van der Waals surface area contributed by atoms with Crippen LogP contribution in [0.25, 0.3) is 11.4 Å². The molecular weight excluding hydrogens is 416 g/mol. The zero-order chi connectivity index (χ0) is 23.9. The van der Waals surface area contributed by atoms with Crippen LogP contribution in [-0.2, 0) is 14.1 Å². The van der Waals surface area contributed by atoms with E-state index >= 15 is 0 Å². The molecule has 0 aliphatic heterocycles. The maximum absolute atomic E-state index is 13.4. The van der Waals surface area contributed by atoms with E-state index in [0.717, 1.165) is 22.8 Å². The lowest BCUT2D eigenvalue weighted by atomic mass is 10.3.